The zero-order valence-electron chi connectivity index (χ0n) is 15.4. The molecule has 0 saturated heterocycles. The van der Waals surface area contributed by atoms with Gasteiger partial charge in [-0.25, -0.2) is 19.8 Å². The molecule has 0 aromatic carbocycles. The van der Waals surface area contributed by atoms with Crippen LogP contribution in [0, 0.1) is 0 Å². The summed E-state index contributed by atoms with van der Waals surface area (Å²) >= 11 is 0. The van der Waals surface area contributed by atoms with Crippen LogP contribution in [-0.4, -0.2) is 39.7 Å². The lowest BCUT2D eigenvalue weighted by atomic mass is 10.3. The molecular formula is C16H15N9O4. The van der Waals surface area contributed by atoms with E-state index in [9.17, 15) is 14.4 Å². The van der Waals surface area contributed by atoms with Crippen LogP contribution in [0.4, 0.5) is 6.01 Å². The third-order valence-corrected chi connectivity index (χ3v) is 4.18. The first-order valence-corrected chi connectivity index (χ1v) is 8.35. The highest BCUT2D eigenvalue weighted by atomic mass is 16.5. The molecule has 4 heterocycles. The molecule has 2 N–H and O–H groups in total. The highest BCUT2D eigenvalue weighted by Gasteiger charge is 2.17. The third-order valence-electron chi connectivity index (χ3n) is 4.18. The minimum absolute atomic E-state index is 0.0625. The maximum absolute atomic E-state index is 12.6. The van der Waals surface area contributed by atoms with E-state index < -0.39 is 23.7 Å². The molecule has 13 heteroatoms. The summed E-state index contributed by atoms with van der Waals surface area (Å²) in [6, 6.07) is 3.33. The van der Waals surface area contributed by atoms with Crippen molar-refractivity contribution in [3.63, 3.8) is 0 Å². The number of rotatable bonds is 5. The van der Waals surface area contributed by atoms with Gasteiger partial charge in [0.25, 0.3) is 11.5 Å². The molecule has 0 spiro atoms. The van der Waals surface area contributed by atoms with Crippen molar-refractivity contribution in [2.45, 2.75) is 6.54 Å². The van der Waals surface area contributed by atoms with E-state index in [0.29, 0.717) is 11.4 Å². The molecular weight excluding hydrogens is 382 g/mol. The number of amides is 1. The molecule has 0 bridgehead atoms. The second-order valence-electron chi connectivity index (χ2n) is 6.09. The number of aryl methyl sites for hydroxylation is 2. The van der Waals surface area contributed by atoms with Gasteiger partial charge in [-0.1, -0.05) is 5.16 Å². The lowest BCUT2D eigenvalue weighted by Gasteiger charge is -2.09. The second kappa shape index (κ2) is 7.03. The lowest BCUT2D eigenvalue weighted by Crippen LogP contribution is -2.44. The minimum atomic E-state index is -0.658. The Balaban J connectivity index is 1.50. The van der Waals surface area contributed by atoms with E-state index >= 15 is 0 Å². The maximum atomic E-state index is 12.6. The quantitative estimate of drug-likeness (QED) is 0.404. The van der Waals surface area contributed by atoms with Gasteiger partial charge in [0.1, 0.15) is 6.54 Å². The van der Waals surface area contributed by atoms with Crippen LogP contribution in [0.15, 0.2) is 45.0 Å². The van der Waals surface area contributed by atoms with E-state index in [1.165, 1.54) is 22.5 Å². The molecule has 0 aliphatic carbocycles. The van der Waals surface area contributed by atoms with Gasteiger partial charge in [0.15, 0.2) is 11.2 Å². The fraction of sp³-hybridized carbons (Fsp3) is 0.188. The fourth-order valence-corrected chi connectivity index (χ4v) is 2.73. The number of nitrogens with zero attached hydrogens (tertiary/aromatic N) is 7. The van der Waals surface area contributed by atoms with Gasteiger partial charge in [-0.3, -0.25) is 24.6 Å². The first-order valence-electron chi connectivity index (χ1n) is 8.35. The molecule has 0 fully saturated rings. The second-order valence-corrected chi connectivity index (χ2v) is 6.09. The van der Waals surface area contributed by atoms with Crippen LogP contribution in [0.3, 0.4) is 0 Å². The fourth-order valence-electron chi connectivity index (χ4n) is 2.73. The summed E-state index contributed by atoms with van der Waals surface area (Å²) < 4.78 is 8.51. The van der Waals surface area contributed by atoms with Gasteiger partial charge in [-0.05, 0) is 12.1 Å². The number of hydrogen-bond acceptors (Lipinski definition) is 9. The van der Waals surface area contributed by atoms with E-state index in [-0.39, 0.29) is 17.2 Å². The molecule has 0 aliphatic rings. The predicted octanol–water partition coefficient (Wildman–Crippen LogP) is -0.978. The summed E-state index contributed by atoms with van der Waals surface area (Å²) in [6.45, 7) is -0.509. The molecule has 0 saturated carbocycles. The largest absolute Gasteiger partial charge is 0.340 e. The number of carbonyl (C=O) groups excluding carboxylic acids is 1. The SMILES string of the molecule is Cn1cnc2c1c(=O)n(CC(=O)NNc1nc(-c3ccncc3)no1)c(=O)n2C. The summed E-state index contributed by atoms with van der Waals surface area (Å²) in [5.41, 5.74) is 4.64. The molecule has 0 aliphatic heterocycles. The van der Waals surface area contributed by atoms with E-state index in [4.69, 9.17) is 4.52 Å². The number of anilines is 1. The number of nitrogens with one attached hydrogen (secondary N) is 2. The highest BCUT2D eigenvalue weighted by molar-refractivity contribution is 5.77. The number of hydrazine groups is 1. The lowest BCUT2D eigenvalue weighted by molar-refractivity contribution is -0.121. The maximum Gasteiger partial charge on any atom is 0.340 e. The molecule has 0 unspecified atom stereocenters. The first-order chi connectivity index (χ1) is 14.0. The predicted molar refractivity (Wildman–Crippen MR) is 99.5 cm³/mol. The van der Waals surface area contributed by atoms with Crippen LogP contribution in [0.2, 0.25) is 0 Å². The third kappa shape index (κ3) is 3.24. The summed E-state index contributed by atoms with van der Waals surface area (Å²) in [5.74, 6) is -0.356. The van der Waals surface area contributed by atoms with Crippen LogP contribution >= 0.6 is 0 Å². The highest BCUT2D eigenvalue weighted by Crippen LogP contribution is 2.15. The Labute approximate surface area is 161 Å². The van der Waals surface area contributed by atoms with Crippen molar-refractivity contribution >= 4 is 23.1 Å². The number of hydrogen-bond donors (Lipinski definition) is 2. The topological polar surface area (TPSA) is 155 Å². The molecule has 13 nitrogen and oxygen atoms in total. The van der Waals surface area contributed by atoms with Gasteiger partial charge in [-0.15, -0.1) is 0 Å². The van der Waals surface area contributed by atoms with Gasteiger partial charge in [0, 0.05) is 32.1 Å². The molecule has 1 amide bonds. The molecule has 148 valence electrons. The van der Waals surface area contributed by atoms with E-state index in [1.807, 2.05) is 0 Å². The average molecular weight is 397 g/mol. The minimum Gasteiger partial charge on any atom is -0.328 e. The Morgan fingerprint density at radius 3 is 2.72 bits per heavy atom. The molecule has 0 radical (unpaired) electrons. The number of carbonyl (C=O) groups is 1. The Morgan fingerprint density at radius 1 is 1.21 bits per heavy atom. The van der Waals surface area contributed by atoms with Gasteiger partial charge in [0.05, 0.1) is 6.33 Å². The number of aromatic nitrogens is 7. The number of pyridine rings is 1. The molecule has 4 aromatic rings. The Kier molecular flexibility index (Phi) is 4.38. The van der Waals surface area contributed by atoms with Crippen LogP contribution in [0.1, 0.15) is 0 Å². The van der Waals surface area contributed by atoms with Gasteiger partial charge < -0.3 is 9.09 Å². The summed E-state index contributed by atoms with van der Waals surface area (Å²) in [4.78, 5) is 49.3. The number of imidazole rings is 1. The standard InChI is InChI=1S/C16H15N9O4/c1-23-8-18-13-11(23)14(27)25(16(28)24(13)2)7-10(26)20-21-15-19-12(22-29-15)9-3-5-17-6-4-9/h3-6,8H,7H2,1-2H3,(H,20,26)(H,19,21,22). The Bertz CT molecular complexity index is 1320. The molecule has 0 atom stereocenters. The van der Waals surface area contributed by atoms with Crippen molar-refractivity contribution in [3.05, 3.63) is 51.7 Å². The Morgan fingerprint density at radius 2 is 1.97 bits per heavy atom. The van der Waals surface area contributed by atoms with Gasteiger partial charge >= 0.3 is 11.7 Å². The van der Waals surface area contributed by atoms with Crippen LogP contribution in [0.25, 0.3) is 22.6 Å². The van der Waals surface area contributed by atoms with E-state index in [2.05, 4.69) is 31.0 Å². The molecule has 29 heavy (non-hydrogen) atoms. The van der Waals surface area contributed by atoms with Gasteiger partial charge in [-0.2, -0.15) is 4.98 Å². The van der Waals surface area contributed by atoms with Crippen molar-refractivity contribution < 1.29 is 9.32 Å². The zero-order valence-corrected chi connectivity index (χ0v) is 15.4. The summed E-state index contributed by atoms with van der Waals surface area (Å²) in [6.07, 6.45) is 4.59. The number of fused-ring (bicyclic) bond motifs is 1. The van der Waals surface area contributed by atoms with Gasteiger partial charge in [0.2, 0.25) is 5.82 Å². The Hall–Kier alpha value is -4.29. The van der Waals surface area contributed by atoms with Crippen molar-refractivity contribution in [1.29, 1.82) is 0 Å². The normalized spacial score (nSPS) is 11.0. The van der Waals surface area contributed by atoms with Crippen molar-refractivity contribution in [1.82, 2.24) is 39.2 Å². The van der Waals surface area contributed by atoms with Crippen LogP contribution < -0.4 is 22.1 Å². The average Bonchev–Trinajstić information content (AvgIpc) is 3.36. The van der Waals surface area contributed by atoms with Crippen molar-refractivity contribution in [2.75, 3.05) is 5.43 Å². The smallest absolute Gasteiger partial charge is 0.328 e. The summed E-state index contributed by atoms with van der Waals surface area (Å²) in [5, 5.41) is 3.78. The van der Waals surface area contributed by atoms with E-state index in [1.54, 1.807) is 31.6 Å². The van der Waals surface area contributed by atoms with Crippen molar-refractivity contribution in [2.24, 2.45) is 14.1 Å². The summed E-state index contributed by atoms with van der Waals surface area (Å²) in [7, 11) is 3.10. The monoisotopic (exact) mass is 397 g/mol. The van der Waals surface area contributed by atoms with Crippen LogP contribution in [-0.2, 0) is 25.4 Å². The van der Waals surface area contributed by atoms with E-state index in [0.717, 1.165) is 4.57 Å². The van der Waals surface area contributed by atoms with Crippen molar-refractivity contribution in [3.8, 4) is 11.4 Å². The molecule has 4 rings (SSSR count). The zero-order chi connectivity index (χ0) is 20.5. The van der Waals surface area contributed by atoms with Crippen LogP contribution in [0.5, 0.6) is 0 Å². The molecule has 4 aromatic heterocycles. The first kappa shape index (κ1) is 18.1.